The summed E-state index contributed by atoms with van der Waals surface area (Å²) in [5.74, 6) is -1.38. The number of hydrogen-bond acceptors (Lipinski definition) is 1. The van der Waals surface area contributed by atoms with E-state index >= 15 is 0 Å². The van der Waals surface area contributed by atoms with Crippen LogP contribution in [-0.4, -0.2) is 10.9 Å². The fourth-order valence-electron chi connectivity index (χ4n) is 1.58. The first-order valence-corrected chi connectivity index (χ1v) is 4.59. The van der Waals surface area contributed by atoms with Crippen molar-refractivity contribution >= 4 is 17.4 Å². The Labute approximate surface area is 84.7 Å². The Morgan fingerprint density at radius 2 is 2.14 bits per heavy atom. The Hall–Kier alpha value is -0.960. The van der Waals surface area contributed by atoms with Crippen LogP contribution in [0.2, 0.25) is 0 Å². The van der Waals surface area contributed by atoms with Crippen LogP contribution in [0, 0.1) is 5.82 Å². The third-order valence-electron chi connectivity index (χ3n) is 2.36. The number of rotatable bonds is 0. The summed E-state index contributed by atoms with van der Waals surface area (Å²) in [6.07, 6.45) is 0.313. The molecule has 0 bridgehead atoms. The molecule has 0 heterocycles. The molecule has 0 fully saturated rings. The van der Waals surface area contributed by atoms with Gasteiger partial charge in [0, 0.05) is 12.0 Å². The van der Waals surface area contributed by atoms with Crippen LogP contribution in [0.4, 0.5) is 8.78 Å². The Morgan fingerprint density at radius 1 is 1.43 bits per heavy atom. The molecular weight excluding hydrogens is 210 g/mol. The zero-order chi connectivity index (χ0) is 10.3. The van der Waals surface area contributed by atoms with Crippen LogP contribution < -0.4 is 0 Å². The van der Waals surface area contributed by atoms with Gasteiger partial charge in [-0.1, -0.05) is 17.7 Å². The maximum atomic E-state index is 13.4. The van der Waals surface area contributed by atoms with Crippen LogP contribution >= 0.6 is 11.6 Å². The number of ketones is 1. The summed E-state index contributed by atoms with van der Waals surface area (Å²) in [7, 11) is 0. The van der Waals surface area contributed by atoms with E-state index in [-0.39, 0.29) is 12.0 Å². The standard InChI is InChI=1S/C10H7ClF2O/c11-10(13)4-3-6-1-2-7(12)5-8(6)9(10)14/h1-2,5H,3-4H2. The van der Waals surface area contributed by atoms with Crippen molar-refractivity contribution in [3.8, 4) is 0 Å². The summed E-state index contributed by atoms with van der Waals surface area (Å²) in [5.41, 5.74) is 0.721. The minimum absolute atomic E-state index is 0.0496. The zero-order valence-electron chi connectivity index (χ0n) is 7.19. The number of hydrogen-bond donors (Lipinski definition) is 0. The highest BCUT2D eigenvalue weighted by atomic mass is 35.5. The van der Waals surface area contributed by atoms with Crippen LogP contribution in [0.15, 0.2) is 18.2 Å². The normalized spacial score (nSPS) is 26.1. The second-order valence-electron chi connectivity index (χ2n) is 3.34. The van der Waals surface area contributed by atoms with Crippen molar-refractivity contribution in [1.29, 1.82) is 0 Å². The zero-order valence-corrected chi connectivity index (χ0v) is 7.94. The number of fused-ring (bicyclic) bond motifs is 1. The fraction of sp³-hybridized carbons (Fsp3) is 0.300. The van der Waals surface area contributed by atoms with Gasteiger partial charge >= 0.3 is 0 Å². The van der Waals surface area contributed by atoms with E-state index in [4.69, 9.17) is 11.6 Å². The van der Waals surface area contributed by atoms with Gasteiger partial charge in [0.15, 0.2) is 0 Å². The highest BCUT2D eigenvalue weighted by Crippen LogP contribution is 2.34. The smallest absolute Gasteiger partial charge is 0.246 e. The monoisotopic (exact) mass is 216 g/mol. The van der Waals surface area contributed by atoms with Crippen molar-refractivity contribution in [1.82, 2.24) is 0 Å². The molecule has 0 N–H and O–H groups in total. The Bertz CT molecular complexity index is 401. The molecule has 0 saturated carbocycles. The number of carbonyl (C=O) groups is 1. The predicted octanol–water partition coefficient (Wildman–Crippen LogP) is 2.86. The maximum Gasteiger partial charge on any atom is 0.246 e. The van der Waals surface area contributed by atoms with Crippen molar-refractivity contribution < 1.29 is 13.6 Å². The summed E-state index contributed by atoms with van der Waals surface area (Å²) < 4.78 is 26.2. The summed E-state index contributed by atoms with van der Waals surface area (Å²) in [4.78, 5) is 11.4. The van der Waals surface area contributed by atoms with E-state index in [0.717, 1.165) is 6.07 Å². The Balaban J connectivity index is 2.54. The summed E-state index contributed by atoms with van der Waals surface area (Å²) >= 11 is 5.36. The predicted molar refractivity (Wildman–Crippen MR) is 48.7 cm³/mol. The van der Waals surface area contributed by atoms with E-state index in [9.17, 15) is 13.6 Å². The number of aryl methyl sites for hydroxylation is 1. The minimum Gasteiger partial charge on any atom is -0.289 e. The fourth-order valence-corrected chi connectivity index (χ4v) is 1.78. The molecule has 0 saturated heterocycles. The van der Waals surface area contributed by atoms with E-state index < -0.39 is 16.7 Å². The third kappa shape index (κ3) is 1.42. The molecule has 74 valence electrons. The molecular formula is C10H7ClF2O. The summed E-state index contributed by atoms with van der Waals surface area (Å²) in [6, 6.07) is 3.79. The maximum absolute atomic E-state index is 13.4. The first kappa shape index (κ1) is 9.59. The summed E-state index contributed by atoms with van der Waals surface area (Å²) in [5, 5.41) is -2.36. The number of alkyl halides is 2. The first-order valence-electron chi connectivity index (χ1n) is 4.22. The number of benzene rings is 1. The van der Waals surface area contributed by atoms with Crippen molar-refractivity contribution in [2.75, 3.05) is 0 Å². The first-order chi connectivity index (χ1) is 6.50. The lowest BCUT2D eigenvalue weighted by Crippen LogP contribution is -2.33. The lowest BCUT2D eigenvalue weighted by molar-refractivity contribution is 0.0801. The SMILES string of the molecule is O=C1c2cc(F)ccc2CCC1(F)Cl. The van der Waals surface area contributed by atoms with Gasteiger partial charge in [-0.3, -0.25) is 4.79 Å². The van der Waals surface area contributed by atoms with Crippen LogP contribution in [0.25, 0.3) is 0 Å². The topological polar surface area (TPSA) is 17.1 Å². The molecule has 0 radical (unpaired) electrons. The van der Waals surface area contributed by atoms with Gasteiger partial charge in [-0.25, -0.2) is 8.78 Å². The van der Waals surface area contributed by atoms with Gasteiger partial charge in [0.1, 0.15) is 5.82 Å². The van der Waals surface area contributed by atoms with Crippen molar-refractivity contribution in [3.63, 3.8) is 0 Å². The van der Waals surface area contributed by atoms with Crippen LogP contribution in [0.1, 0.15) is 22.3 Å². The summed E-state index contributed by atoms with van der Waals surface area (Å²) in [6.45, 7) is 0. The van der Waals surface area contributed by atoms with Crippen LogP contribution in [0.3, 0.4) is 0 Å². The van der Waals surface area contributed by atoms with E-state index in [1.807, 2.05) is 0 Å². The molecule has 0 aromatic heterocycles. The molecule has 1 aliphatic rings. The van der Waals surface area contributed by atoms with E-state index in [1.54, 1.807) is 0 Å². The second kappa shape index (κ2) is 3.02. The average molecular weight is 217 g/mol. The molecule has 0 spiro atoms. The second-order valence-corrected chi connectivity index (χ2v) is 3.93. The quantitative estimate of drug-likeness (QED) is 0.610. The van der Waals surface area contributed by atoms with Crippen LogP contribution in [0.5, 0.6) is 0 Å². The molecule has 0 amide bonds. The highest BCUT2D eigenvalue weighted by Gasteiger charge is 2.41. The number of carbonyl (C=O) groups excluding carboxylic acids is 1. The van der Waals surface area contributed by atoms with Gasteiger partial charge in [-0.2, -0.15) is 0 Å². The molecule has 1 aliphatic carbocycles. The van der Waals surface area contributed by atoms with E-state index in [2.05, 4.69) is 0 Å². The van der Waals surface area contributed by atoms with Gasteiger partial charge in [-0.15, -0.1) is 0 Å². The lowest BCUT2D eigenvalue weighted by Gasteiger charge is -2.23. The molecule has 1 nitrogen and oxygen atoms in total. The third-order valence-corrected chi connectivity index (χ3v) is 2.72. The molecule has 1 atom stereocenters. The largest absolute Gasteiger partial charge is 0.289 e. The highest BCUT2D eigenvalue weighted by molar-refractivity contribution is 6.37. The van der Waals surface area contributed by atoms with Gasteiger partial charge in [0.25, 0.3) is 0 Å². The molecule has 1 aromatic rings. The van der Waals surface area contributed by atoms with Crippen molar-refractivity contribution in [2.24, 2.45) is 0 Å². The van der Waals surface area contributed by atoms with Crippen molar-refractivity contribution in [3.05, 3.63) is 35.1 Å². The molecule has 0 aliphatic heterocycles. The average Bonchev–Trinajstić information content (AvgIpc) is 2.13. The molecule has 14 heavy (non-hydrogen) atoms. The Morgan fingerprint density at radius 3 is 2.86 bits per heavy atom. The van der Waals surface area contributed by atoms with Crippen LogP contribution in [-0.2, 0) is 6.42 Å². The van der Waals surface area contributed by atoms with E-state index in [0.29, 0.717) is 12.0 Å². The van der Waals surface area contributed by atoms with Gasteiger partial charge in [0.2, 0.25) is 10.9 Å². The molecule has 4 heteroatoms. The minimum atomic E-state index is -2.36. The molecule has 1 unspecified atom stereocenters. The van der Waals surface area contributed by atoms with Gasteiger partial charge in [-0.05, 0) is 24.1 Å². The molecule has 1 aromatic carbocycles. The van der Waals surface area contributed by atoms with Gasteiger partial charge in [0.05, 0.1) is 0 Å². The number of Topliss-reactive ketones (excluding diaryl/α,β-unsaturated/α-hetero) is 1. The molecule has 2 rings (SSSR count). The van der Waals surface area contributed by atoms with Gasteiger partial charge < -0.3 is 0 Å². The van der Waals surface area contributed by atoms with Crippen molar-refractivity contribution in [2.45, 2.75) is 18.0 Å². The lowest BCUT2D eigenvalue weighted by atomic mass is 9.89. The number of halogens is 3. The Kier molecular flexibility index (Phi) is 2.07. The van der Waals surface area contributed by atoms with E-state index in [1.165, 1.54) is 12.1 Å².